The maximum atomic E-state index is 10.8. The maximum Gasteiger partial charge on any atom is 0.0883 e. The molecule has 0 radical (unpaired) electrons. The van der Waals surface area contributed by atoms with Crippen LogP contribution in [0.2, 0.25) is 0 Å². The van der Waals surface area contributed by atoms with Gasteiger partial charge in [-0.25, -0.2) is 0 Å². The topological polar surface area (TPSA) is 40.5 Å². The van der Waals surface area contributed by atoms with Crippen molar-refractivity contribution < 1.29 is 10.2 Å². The monoisotopic (exact) mass is 284 g/mol. The normalized spacial score (nSPS) is 16.2. The summed E-state index contributed by atoms with van der Waals surface area (Å²) < 4.78 is 0. The molecule has 21 heavy (non-hydrogen) atoms. The first-order valence-electron chi connectivity index (χ1n) is 7.37. The molecule has 2 nitrogen and oxygen atoms in total. The molecule has 0 aliphatic rings. The predicted octanol–water partition coefficient (Wildman–Crippen LogP) is 3.91. The molecule has 3 atom stereocenters. The smallest absolute Gasteiger partial charge is 0.0883 e. The lowest BCUT2D eigenvalue weighted by Crippen LogP contribution is -2.35. The predicted molar refractivity (Wildman–Crippen MR) is 86.0 cm³/mol. The molecule has 2 aromatic rings. The molecule has 0 bridgehead atoms. The van der Waals surface area contributed by atoms with Gasteiger partial charge in [0.1, 0.15) is 0 Å². The van der Waals surface area contributed by atoms with Crippen LogP contribution in [0, 0.1) is 5.41 Å². The van der Waals surface area contributed by atoms with Crippen LogP contribution < -0.4 is 0 Å². The molecular weight excluding hydrogens is 260 g/mol. The van der Waals surface area contributed by atoms with Gasteiger partial charge in [-0.3, -0.25) is 0 Å². The van der Waals surface area contributed by atoms with Gasteiger partial charge in [0, 0.05) is 5.92 Å². The van der Waals surface area contributed by atoms with Gasteiger partial charge < -0.3 is 10.2 Å². The van der Waals surface area contributed by atoms with E-state index in [-0.39, 0.29) is 11.3 Å². The lowest BCUT2D eigenvalue weighted by atomic mass is 9.74. The molecule has 0 aromatic heterocycles. The summed E-state index contributed by atoms with van der Waals surface area (Å²) >= 11 is 0. The molecular formula is C19H24O2. The zero-order valence-electron chi connectivity index (χ0n) is 12.9. The Morgan fingerprint density at radius 3 is 1.57 bits per heavy atom. The molecule has 1 unspecified atom stereocenters. The van der Waals surface area contributed by atoms with Crippen molar-refractivity contribution in [2.24, 2.45) is 5.41 Å². The summed E-state index contributed by atoms with van der Waals surface area (Å²) in [5.41, 5.74) is 1.47. The van der Waals surface area contributed by atoms with E-state index in [0.29, 0.717) is 0 Å². The highest BCUT2D eigenvalue weighted by Gasteiger charge is 2.36. The van der Waals surface area contributed by atoms with E-state index in [2.05, 4.69) is 0 Å². The van der Waals surface area contributed by atoms with Crippen LogP contribution in [-0.4, -0.2) is 16.3 Å². The average Bonchev–Trinajstić information content (AvgIpc) is 2.48. The van der Waals surface area contributed by atoms with Gasteiger partial charge in [0.15, 0.2) is 0 Å². The third-order valence-electron chi connectivity index (χ3n) is 3.89. The number of aliphatic hydroxyl groups is 2. The molecule has 112 valence electrons. The Balaban J connectivity index is 2.42. The van der Waals surface area contributed by atoms with E-state index in [4.69, 9.17) is 0 Å². The molecule has 0 saturated heterocycles. The molecule has 2 aromatic carbocycles. The van der Waals surface area contributed by atoms with Crippen LogP contribution in [0.15, 0.2) is 60.7 Å². The second kappa shape index (κ2) is 6.42. The first-order chi connectivity index (χ1) is 9.91. The van der Waals surface area contributed by atoms with Gasteiger partial charge in [0.25, 0.3) is 0 Å². The lowest BCUT2D eigenvalue weighted by Gasteiger charge is -2.36. The van der Waals surface area contributed by atoms with E-state index in [9.17, 15) is 10.2 Å². The first kappa shape index (κ1) is 15.7. The molecule has 0 amide bonds. The Hall–Kier alpha value is -1.64. The standard InChI is InChI=1S/C19H24O2/c1-19(2,3)18(21)16(14-10-6-4-7-11-14)17(20)15-12-8-5-9-13-15/h4-13,16-18,20-21H,1-3H3/t16-,17-,18?/m1/s1. The fourth-order valence-electron chi connectivity index (χ4n) is 2.61. The molecule has 2 rings (SSSR count). The van der Waals surface area contributed by atoms with E-state index < -0.39 is 12.2 Å². The fraction of sp³-hybridized carbons (Fsp3) is 0.368. The van der Waals surface area contributed by atoms with Crippen LogP contribution in [0.5, 0.6) is 0 Å². The summed E-state index contributed by atoms with van der Waals surface area (Å²) in [6.45, 7) is 5.97. The van der Waals surface area contributed by atoms with E-state index in [1.165, 1.54) is 0 Å². The largest absolute Gasteiger partial charge is 0.392 e. The minimum Gasteiger partial charge on any atom is -0.392 e. The van der Waals surface area contributed by atoms with Crippen molar-refractivity contribution in [3.63, 3.8) is 0 Å². The van der Waals surface area contributed by atoms with Crippen molar-refractivity contribution in [1.82, 2.24) is 0 Å². The van der Waals surface area contributed by atoms with Gasteiger partial charge in [-0.1, -0.05) is 81.4 Å². The van der Waals surface area contributed by atoms with Gasteiger partial charge in [-0.15, -0.1) is 0 Å². The molecule has 0 spiro atoms. The maximum absolute atomic E-state index is 10.8. The Morgan fingerprint density at radius 1 is 0.714 bits per heavy atom. The minimum absolute atomic E-state index is 0.309. The summed E-state index contributed by atoms with van der Waals surface area (Å²) in [5, 5.41) is 21.6. The Kier molecular flexibility index (Phi) is 4.81. The van der Waals surface area contributed by atoms with E-state index in [1.807, 2.05) is 81.4 Å². The molecule has 2 heteroatoms. The number of aliphatic hydroxyl groups excluding tert-OH is 2. The van der Waals surface area contributed by atoms with Gasteiger partial charge in [0.05, 0.1) is 12.2 Å². The highest BCUT2D eigenvalue weighted by molar-refractivity contribution is 5.28. The van der Waals surface area contributed by atoms with Crippen molar-refractivity contribution in [3.05, 3.63) is 71.8 Å². The van der Waals surface area contributed by atoms with Crippen molar-refractivity contribution in [3.8, 4) is 0 Å². The minimum atomic E-state index is -0.733. The Labute approximate surface area is 127 Å². The average molecular weight is 284 g/mol. The van der Waals surface area contributed by atoms with Gasteiger partial charge in [-0.05, 0) is 16.5 Å². The second-order valence-electron chi connectivity index (χ2n) is 6.60. The SMILES string of the molecule is CC(C)(C)C(O)[C@H](c1ccccc1)[C@H](O)c1ccccc1. The van der Waals surface area contributed by atoms with Gasteiger partial charge >= 0.3 is 0 Å². The van der Waals surface area contributed by atoms with Gasteiger partial charge in [0.2, 0.25) is 0 Å². The Bertz CT molecular complexity index is 543. The number of hydrogen-bond donors (Lipinski definition) is 2. The highest BCUT2D eigenvalue weighted by atomic mass is 16.3. The summed E-state index contributed by atoms with van der Waals surface area (Å²) in [6.07, 6.45) is -1.38. The number of rotatable bonds is 4. The van der Waals surface area contributed by atoms with Crippen LogP contribution in [0.25, 0.3) is 0 Å². The highest BCUT2D eigenvalue weighted by Crippen LogP contribution is 2.40. The molecule has 0 heterocycles. The van der Waals surface area contributed by atoms with Crippen LogP contribution in [0.1, 0.15) is 43.9 Å². The summed E-state index contributed by atoms with van der Waals surface area (Å²) in [7, 11) is 0. The molecule has 0 aliphatic heterocycles. The quantitative estimate of drug-likeness (QED) is 0.893. The summed E-state index contributed by atoms with van der Waals surface area (Å²) in [4.78, 5) is 0. The molecule has 2 N–H and O–H groups in total. The van der Waals surface area contributed by atoms with Crippen LogP contribution in [0.3, 0.4) is 0 Å². The van der Waals surface area contributed by atoms with Crippen molar-refractivity contribution >= 4 is 0 Å². The van der Waals surface area contributed by atoms with E-state index in [0.717, 1.165) is 11.1 Å². The summed E-state index contributed by atoms with van der Waals surface area (Å²) in [6, 6.07) is 19.3. The number of benzene rings is 2. The third-order valence-corrected chi connectivity index (χ3v) is 3.89. The zero-order valence-corrected chi connectivity index (χ0v) is 12.9. The number of hydrogen-bond acceptors (Lipinski definition) is 2. The van der Waals surface area contributed by atoms with Crippen molar-refractivity contribution in [2.45, 2.75) is 38.9 Å². The van der Waals surface area contributed by atoms with Gasteiger partial charge in [-0.2, -0.15) is 0 Å². The lowest BCUT2D eigenvalue weighted by molar-refractivity contribution is -0.0106. The molecule has 0 fully saturated rings. The first-order valence-corrected chi connectivity index (χ1v) is 7.37. The van der Waals surface area contributed by atoms with Crippen molar-refractivity contribution in [1.29, 1.82) is 0 Å². The second-order valence-corrected chi connectivity index (χ2v) is 6.60. The van der Waals surface area contributed by atoms with Crippen LogP contribution >= 0.6 is 0 Å². The van der Waals surface area contributed by atoms with E-state index >= 15 is 0 Å². The van der Waals surface area contributed by atoms with Crippen LogP contribution in [0.4, 0.5) is 0 Å². The molecule has 0 aliphatic carbocycles. The zero-order chi connectivity index (χ0) is 15.5. The molecule has 0 saturated carbocycles. The van der Waals surface area contributed by atoms with Crippen LogP contribution in [-0.2, 0) is 0 Å². The van der Waals surface area contributed by atoms with Crippen molar-refractivity contribution in [2.75, 3.05) is 0 Å². The Morgan fingerprint density at radius 2 is 1.14 bits per heavy atom. The summed E-state index contributed by atoms with van der Waals surface area (Å²) in [5.74, 6) is -0.353. The fourth-order valence-corrected chi connectivity index (χ4v) is 2.61. The van der Waals surface area contributed by atoms with E-state index in [1.54, 1.807) is 0 Å². The third kappa shape index (κ3) is 3.72.